The minimum atomic E-state index is -0.0742. The maximum Gasteiger partial charge on any atom is 0.251 e. The molecule has 0 aromatic heterocycles. The molecular weight excluding hydrogens is 344 g/mol. The molecule has 3 rings (SSSR count). The molecule has 7 nitrogen and oxygen atoms in total. The molecule has 2 saturated heterocycles. The van der Waals surface area contributed by atoms with E-state index in [-0.39, 0.29) is 17.9 Å². The first-order valence-corrected chi connectivity index (χ1v) is 9.84. The Hall–Kier alpha value is -2.12. The topological polar surface area (TPSA) is 73.9 Å². The van der Waals surface area contributed by atoms with Crippen molar-refractivity contribution in [3.05, 3.63) is 29.8 Å². The van der Waals surface area contributed by atoms with Gasteiger partial charge in [-0.25, -0.2) is 0 Å². The van der Waals surface area contributed by atoms with Crippen LogP contribution in [0.1, 0.15) is 29.6 Å². The molecule has 0 unspecified atom stereocenters. The van der Waals surface area contributed by atoms with Crippen molar-refractivity contribution >= 4 is 11.8 Å². The van der Waals surface area contributed by atoms with Crippen molar-refractivity contribution in [1.82, 2.24) is 20.4 Å². The number of piperidine rings is 1. The quantitative estimate of drug-likeness (QED) is 0.767. The lowest BCUT2D eigenvalue weighted by Gasteiger charge is -2.37. The smallest absolute Gasteiger partial charge is 0.251 e. The van der Waals surface area contributed by atoms with Crippen molar-refractivity contribution < 1.29 is 14.3 Å². The SMILES string of the molecule is COc1ccc(C(=O)NCCN2CCN(C(=O)[C@H]3CCCCN3)CC2)cc1. The zero-order valence-electron chi connectivity index (χ0n) is 16.1. The summed E-state index contributed by atoms with van der Waals surface area (Å²) in [5.41, 5.74) is 0.631. The normalized spacial score (nSPS) is 20.9. The van der Waals surface area contributed by atoms with Gasteiger partial charge < -0.3 is 20.3 Å². The van der Waals surface area contributed by atoms with Gasteiger partial charge >= 0.3 is 0 Å². The molecule has 2 aliphatic heterocycles. The standard InChI is InChI=1S/C20H30N4O3/c1-27-17-7-5-16(6-8-17)19(25)22-10-11-23-12-14-24(15-13-23)20(26)18-4-2-3-9-21-18/h5-8,18,21H,2-4,9-15H2,1H3,(H,22,25)/t18-/m1/s1. The average Bonchev–Trinajstić information content (AvgIpc) is 2.74. The zero-order chi connectivity index (χ0) is 19.1. The van der Waals surface area contributed by atoms with E-state index in [0.717, 1.165) is 57.9 Å². The largest absolute Gasteiger partial charge is 0.497 e. The van der Waals surface area contributed by atoms with Gasteiger partial charge in [0.25, 0.3) is 5.91 Å². The third kappa shape index (κ3) is 5.43. The van der Waals surface area contributed by atoms with Crippen molar-refractivity contribution in [2.75, 3.05) is 52.9 Å². The number of hydrogen-bond acceptors (Lipinski definition) is 5. The number of rotatable bonds is 6. The molecule has 2 fully saturated rings. The Kier molecular flexibility index (Phi) is 7.06. The first-order chi connectivity index (χ1) is 13.2. The highest BCUT2D eigenvalue weighted by Crippen LogP contribution is 2.12. The van der Waals surface area contributed by atoms with E-state index in [9.17, 15) is 9.59 Å². The number of amides is 2. The van der Waals surface area contributed by atoms with Gasteiger partial charge in [0.05, 0.1) is 13.2 Å². The average molecular weight is 374 g/mol. The molecule has 2 N–H and O–H groups in total. The lowest BCUT2D eigenvalue weighted by Crippen LogP contribution is -2.55. The molecule has 2 aliphatic rings. The Morgan fingerprint density at radius 3 is 2.52 bits per heavy atom. The first-order valence-electron chi connectivity index (χ1n) is 9.84. The summed E-state index contributed by atoms with van der Waals surface area (Å²) in [6, 6.07) is 7.10. The van der Waals surface area contributed by atoms with Crippen LogP contribution in [-0.4, -0.2) is 80.6 Å². The van der Waals surface area contributed by atoms with Crippen LogP contribution in [0.25, 0.3) is 0 Å². The van der Waals surface area contributed by atoms with Gasteiger partial charge in [0.1, 0.15) is 5.75 Å². The van der Waals surface area contributed by atoms with Crippen LogP contribution in [0.4, 0.5) is 0 Å². The first kappa shape index (κ1) is 19.6. The highest BCUT2D eigenvalue weighted by atomic mass is 16.5. The van der Waals surface area contributed by atoms with Crippen molar-refractivity contribution in [3.63, 3.8) is 0 Å². The molecular formula is C20H30N4O3. The summed E-state index contributed by atoms with van der Waals surface area (Å²) in [7, 11) is 1.61. The molecule has 2 heterocycles. The van der Waals surface area contributed by atoms with E-state index in [1.807, 2.05) is 4.90 Å². The van der Waals surface area contributed by atoms with Gasteiger partial charge in [0, 0.05) is 44.8 Å². The number of hydrogen-bond donors (Lipinski definition) is 2. The number of nitrogens with one attached hydrogen (secondary N) is 2. The molecule has 7 heteroatoms. The number of ether oxygens (including phenoxy) is 1. The predicted octanol–water partition coefficient (Wildman–Crippen LogP) is 0.711. The van der Waals surface area contributed by atoms with Gasteiger partial charge in [0.2, 0.25) is 5.91 Å². The molecule has 0 aliphatic carbocycles. The fraction of sp³-hybridized carbons (Fsp3) is 0.600. The van der Waals surface area contributed by atoms with E-state index in [1.54, 1.807) is 31.4 Å². The second-order valence-corrected chi connectivity index (χ2v) is 7.15. The Bertz CT molecular complexity index is 621. The second kappa shape index (κ2) is 9.71. The highest BCUT2D eigenvalue weighted by Gasteiger charge is 2.28. The van der Waals surface area contributed by atoms with Crippen molar-refractivity contribution in [2.45, 2.75) is 25.3 Å². The van der Waals surface area contributed by atoms with E-state index >= 15 is 0 Å². The summed E-state index contributed by atoms with van der Waals surface area (Å²) in [6.07, 6.45) is 3.26. The molecule has 0 saturated carbocycles. The molecule has 0 radical (unpaired) electrons. The minimum absolute atomic E-state index is 0.00841. The van der Waals surface area contributed by atoms with Crippen LogP contribution in [0.2, 0.25) is 0 Å². The van der Waals surface area contributed by atoms with E-state index < -0.39 is 0 Å². The second-order valence-electron chi connectivity index (χ2n) is 7.15. The van der Waals surface area contributed by atoms with Crippen molar-refractivity contribution in [2.24, 2.45) is 0 Å². The third-order valence-electron chi connectivity index (χ3n) is 5.36. The summed E-state index contributed by atoms with van der Waals surface area (Å²) in [6.45, 7) is 5.60. The summed E-state index contributed by atoms with van der Waals surface area (Å²) in [5.74, 6) is 0.916. The van der Waals surface area contributed by atoms with Crippen LogP contribution in [0.5, 0.6) is 5.75 Å². The zero-order valence-corrected chi connectivity index (χ0v) is 16.1. The molecule has 2 amide bonds. The highest BCUT2D eigenvalue weighted by molar-refractivity contribution is 5.94. The number of methoxy groups -OCH3 is 1. The van der Waals surface area contributed by atoms with Crippen LogP contribution in [-0.2, 0) is 4.79 Å². The Morgan fingerprint density at radius 1 is 1.15 bits per heavy atom. The van der Waals surface area contributed by atoms with Gasteiger partial charge in [-0.2, -0.15) is 0 Å². The van der Waals surface area contributed by atoms with Gasteiger partial charge in [0.15, 0.2) is 0 Å². The predicted molar refractivity (Wildman–Crippen MR) is 104 cm³/mol. The monoisotopic (exact) mass is 374 g/mol. The number of carbonyl (C=O) groups excluding carboxylic acids is 2. The van der Waals surface area contributed by atoms with E-state index in [4.69, 9.17) is 4.74 Å². The third-order valence-corrected chi connectivity index (χ3v) is 5.36. The van der Waals surface area contributed by atoms with Crippen LogP contribution >= 0.6 is 0 Å². The van der Waals surface area contributed by atoms with E-state index in [0.29, 0.717) is 12.1 Å². The molecule has 1 atom stereocenters. The number of carbonyl (C=O) groups is 2. The Balaban J connectivity index is 1.35. The van der Waals surface area contributed by atoms with Crippen LogP contribution < -0.4 is 15.4 Å². The summed E-state index contributed by atoms with van der Waals surface area (Å²) < 4.78 is 5.10. The molecule has 1 aromatic rings. The Labute approximate surface area is 161 Å². The van der Waals surface area contributed by atoms with E-state index in [2.05, 4.69) is 15.5 Å². The van der Waals surface area contributed by atoms with Crippen LogP contribution in [0, 0.1) is 0 Å². The van der Waals surface area contributed by atoms with Gasteiger partial charge in [-0.05, 0) is 43.7 Å². The number of benzene rings is 1. The number of nitrogens with zero attached hydrogens (tertiary/aromatic N) is 2. The maximum atomic E-state index is 12.5. The fourth-order valence-electron chi connectivity index (χ4n) is 3.65. The molecule has 27 heavy (non-hydrogen) atoms. The van der Waals surface area contributed by atoms with Gasteiger partial charge in [-0.3, -0.25) is 14.5 Å². The van der Waals surface area contributed by atoms with Crippen molar-refractivity contribution in [3.8, 4) is 5.75 Å². The lowest BCUT2D eigenvalue weighted by molar-refractivity contribution is -0.135. The Morgan fingerprint density at radius 2 is 1.89 bits per heavy atom. The summed E-state index contributed by atoms with van der Waals surface area (Å²) >= 11 is 0. The van der Waals surface area contributed by atoms with E-state index in [1.165, 1.54) is 6.42 Å². The molecule has 1 aromatic carbocycles. The molecule has 0 bridgehead atoms. The van der Waals surface area contributed by atoms with Crippen LogP contribution in [0.3, 0.4) is 0 Å². The summed E-state index contributed by atoms with van der Waals surface area (Å²) in [5, 5.41) is 6.29. The van der Waals surface area contributed by atoms with Crippen molar-refractivity contribution in [1.29, 1.82) is 0 Å². The molecule has 148 valence electrons. The van der Waals surface area contributed by atoms with Crippen LogP contribution in [0.15, 0.2) is 24.3 Å². The van der Waals surface area contributed by atoms with Gasteiger partial charge in [-0.15, -0.1) is 0 Å². The lowest BCUT2D eigenvalue weighted by atomic mass is 10.0. The minimum Gasteiger partial charge on any atom is -0.497 e. The fourth-order valence-corrected chi connectivity index (χ4v) is 3.65. The summed E-state index contributed by atoms with van der Waals surface area (Å²) in [4.78, 5) is 29.0. The maximum absolute atomic E-state index is 12.5. The van der Waals surface area contributed by atoms with Gasteiger partial charge in [-0.1, -0.05) is 6.42 Å². The molecule has 0 spiro atoms. The number of piperazine rings is 1.